The number of hydrogen-bond donors (Lipinski definition) is 5. The van der Waals surface area contributed by atoms with Crippen LogP contribution in [0.3, 0.4) is 0 Å². The topological polar surface area (TPSA) is 183 Å². The van der Waals surface area contributed by atoms with Gasteiger partial charge in [0.2, 0.25) is 0 Å². The fourth-order valence-electron chi connectivity index (χ4n) is 4.03. The predicted molar refractivity (Wildman–Crippen MR) is 148 cm³/mol. The maximum atomic E-state index is 15.9. The summed E-state index contributed by atoms with van der Waals surface area (Å²) in [6.45, 7) is -1.44. The number of esters is 1. The first-order valence-corrected chi connectivity index (χ1v) is 12.5. The Balaban J connectivity index is 1.89. The van der Waals surface area contributed by atoms with Gasteiger partial charge in [-0.25, -0.2) is 18.4 Å². The zero-order valence-electron chi connectivity index (χ0n) is 22.7. The number of nitrogen functional groups attached to an aromatic ring is 2. The standard InChI is InChI=1S/C27H24F5N7O5/c1-42-14-11-16(21(29)20(12-14)43-9-8-28)22(24-37-26(41)39(38-24)18-5-3-2-4-17(18)33)36-13-6-7-15(23(34)35)19(10-13)44-25(40)27(30,31)32/h2-7,10-12,22,36H,8-9,33H2,1H3,(H3,34,35)(H,37,38,41). The van der Waals surface area contributed by atoms with E-state index in [0.717, 1.165) is 22.9 Å². The van der Waals surface area contributed by atoms with E-state index in [-0.39, 0.29) is 39.8 Å². The predicted octanol–water partition coefficient (Wildman–Crippen LogP) is 3.59. The number of rotatable bonds is 11. The van der Waals surface area contributed by atoms with E-state index < -0.39 is 60.3 Å². The van der Waals surface area contributed by atoms with E-state index in [9.17, 15) is 27.2 Å². The lowest BCUT2D eigenvalue weighted by Gasteiger charge is -2.22. The monoisotopic (exact) mass is 621 g/mol. The Morgan fingerprint density at radius 1 is 1.16 bits per heavy atom. The molecule has 4 aromatic rings. The molecule has 0 aliphatic heterocycles. The molecule has 17 heteroatoms. The molecule has 1 aromatic heterocycles. The zero-order valence-corrected chi connectivity index (χ0v) is 22.7. The summed E-state index contributed by atoms with van der Waals surface area (Å²) < 4.78 is 83.4. The number of amidine groups is 1. The second kappa shape index (κ2) is 12.7. The van der Waals surface area contributed by atoms with Crippen LogP contribution in [0.2, 0.25) is 0 Å². The highest BCUT2D eigenvalue weighted by atomic mass is 19.4. The molecule has 0 saturated heterocycles. The van der Waals surface area contributed by atoms with Gasteiger partial charge in [-0.05, 0) is 30.3 Å². The minimum absolute atomic E-state index is 0.0582. The number of anilines is 2. The van der Waals surface area contributed by atoms with Crippen molar-refractivity contribution in [2.45, 2.75) is 12.2 Å². The normalized spacial score (nSPS) is 12.0. The van der Waals surface area contributed by atoms with E-state index in [1.54, 1.807) is 12.1 Å². The number of hydrogen-bond acceptors (Lipinski definition) is 9. The lowest BCUT2D eigenvalue weighted by Crippen LogP contribution is -2.29. The molecule has 0 fully saturated rings. The van der Waals surface area contributed by atoms with Gasteiger partial charge in [0.25, 0.3) is 0 Å². The zero-order chi connectivity index (χ0) is 32.2. The van der Waals surface area contributed by atoms with Crippen molar-refractivity contribution >= 4 is 23.2 Å². The van der Waals surface area contributed by atoms with Crippen LogP contribution in [0.15, 0.2) is 59.4 Å². The Morgan fingerprint density at radius 2 is 1.89 bits per heavy atom. The molecule has 0 radical (unpaired) electrons. The number of benzene rings is 3. The molecular formula is C27H24F5N7O5. The average Bonchev–Trinajstić information content (AvgIpc) is 3.36. The molecule has 1 heterocycles. The average molecular weight is 622 g/mol. The number of halogens is 5. The summed E-state index contributed by atoms with van der Waals surface area (Å²) in [6, 6.07) is 10.4. The van der Waals surface area contributed by atoms with E-state index in [1.165, 1.54) is 31.4 Å². The van der Waals surface area contributed by atoms with E-state index in [2.05, 4.69) is 20.1 Å². The van der Waals surface area contributed by atoms with Gasteiger partial charge in [0.1, 0.15) is 36.7 Å². The number of ether oxygens (including phenoxy) is 3. The third kappa shape index (κ3) is 6.71. The molecule has 0 bridgehead atoms. The number of nitrogens with two attached hydrogens (primary N) is 2. The first-order valence-electron chi connectivity index (χ1n) is 12.5. The third-order valence-electron chi connectivity index (χ3n) is 6.01. The molecule has 0 saturated carbocycles. The van der Waals surface area contributed by atoms with E-state index in [0.29, 0.717) is 0 Å². The van der Waals surface area contributed by atoms with Gasteiger partial charge in [-0.1, -0.05) is 12.1 Å². The van der Waals surface area contributed by atoms with Crippen molar-refractivity contribution in [2.24, 2.45) is 5.73 Å². The second-order valence-electron chi connectivity index (χ2n) is 8.94. The smallest absolute Gasteiger partial charge is 0.491 e. The number of aromatic nitrogens is 3. The van der Waals surface area contributed by atoms with Crippen LogP contribution in [0.1, 0.15) is 23.0 Å². The van der Waals surface area contributed by atoms with Gasteiger partial charge in [-0.2, -0.15) is 17.9 Å². The van der Waals surface area contributed by atoms with Gasteiger partial charge in [-0.3, -0.25) is 10.4 Å². The lowest BCUT2D eigenvalue weighted by molar-refractivity contribution is -0.189. The molecule has 7 N–H and O–H groups in total. The van der Waals surface area contributed by atoms with Gasteiger partial charge < -0.3 is 31.0 Å². The van der Waals surface area contributed by atoms with Crippen LogP contribution in [0.25, 0.3) is 5.69 Å². The number of nitrogens with one attached hydrogen (secondary N) is 3. The molecule has 44 heavy (non-hydrogen) atoms. The maximum Gasteiger partial charge on any atom is 0.491 e. The molecule has 1 atom stereocenters. The molecule has 3 aromatic carbocycles. The largest absolute Gasteiger partial charge is 0.497 e. The highest BCUT2D eigenvalue weighted by Gasteiger charge is 2.42. The number of H-pyrrole nitrogens is 1. The van der Waals surface area contributed by atoms with E-state index in [4.69, 9.17) is 26.4 Å². The molecule has 0 spiro atoms. The van der Waals surface area contributed by atoms with Crippen molar-refractivity contribution in [3.05, 3.63) is 87.9 Å². The Morgan fingerprint density at radius 3 is 2.52 bits per heavy atom. The van der Waals surface area contributed by atoms with Crippen molar-refractivity contribution in [3.8, 4) is 22.9 Å². The summed E-state index contributed by atoms with van der Waals surface area (Å²) in [5, 5.41) is 14.7. The molecular weight excluding hydrogens is 597 g/mol. The van der Waals surface area contributed by atoms with E-state index >= 15 is 4.39 Å². The van der Waals surface area contributed by atoms with Gasteiger partial charge in [0.15, 0.2) is 17.4 Å². The first-order chi connectivity index (χ1) is 20.8. The van der Waals surface area contributed by atoms with E-state index in [1.807, 2.05) is 0 Å². The molecule has 232 valence electrons. The Bertz CT molecular complexity index is 1760. The van der Waals surface area contributed by atoms with Gasteiger partial charge in [-0.15, -0.1) is 5.10 Å². The molecule has 4 rings (SSSR count). The molecule has 0 aliphatic carbocycles. The maximum absolute atomic E-state index is 15.9. The Labute approximate surface area is 244 Å². The van der Waals surface area contributed by atoms with Crippen molar-refractivity contribution in [2.75, 3.05) is 31.4 Å². The second-order valence-corrected chi connectivity index (χ2v) is 8.94. The van der Waals surface area contributed by atoms with Crippen molar-refractivity contribution in [1.29, 1.82) is 5.41 Å². The summed E-state index contributed by atoms with van der Waals surface area (Å²) >= 11 is 0. The minimum Gasteiger partial charge on any atom is -0.497 e. The van der Waals surface area contributed by atoms with Crippen LogP contribution in [-0.4, -0.2) is 53.1 Å². The van der Waals surface area contributed by atoms with Crippen LogP contribution in [0, 0.1) is 11.2 Å². The van der Waals surface area contributed by atoms with Crippen LogP contribution in [0.5, 0.6) is 17.2 Å². The summed E-state index contributed by atoms with van der Waals surface area (Å²) in [4.78, 5) is 27.0. The van der Waals surface area contributed by atoms with Crippen molar-refractivity contribution in [3.63, 3.8) is 0 Å². The number of aromatic amines is 1. The van der Waals surface area contributed by atoms with Crippen LogP contribution < -0.4 is 36.7 Å². The molecule has 12 nitrogen and oxygen atoms in total. The van der Waals surface area contributed by atoms with Crippen LogP contribution in [-0.2, 0) is 4.79 Å². The Kier molecular flexibility index (Phi) is 9.06. The summed E-state index contributed by atoms with van der Waals surface area (Å²) in [5.74, 6) is -5.62. The van der Waals surface area contributed by atoms with Crippen LogP contribution >= 0.6 is 0 Å². The van der Waals surface area contributed by atoms with Gasteiger partial charge in [0, 0.05) is 23.4 Å². The number of alkyl halides is 4. The minimum atomic E-state index is -5.37. The number of nitrogens with zero attached hydrogens (tertiary/aromatic N) is 2. The number of para-hydroxylation sites is 2. The highest BCUT2D eigenvalue weighted by Crippen LogP contribution is 2.36. The third-order valence-corrected chi connectivity index (χ3v) is 6.01. The first kappa shape index (κ1) is 31.3. The summed E-state index contributed by atoms with van der Waals surface area (Å²) in [5.41, 5.74) is 10.3. The number of methoxy groups -OCH3 is 1. The van der Waals surface area contributed by atoms with Crippen molar-refractivity contribution in [1.82, 2.24) is 14.8 Å². The van der Waals surface area contributed by atoms with Crippen LogP contribution in [0.4, 0.5) is 33.3 Å². The molecule has 0 aliphatic rings. The summed E-state index contributed by atoms with van der Waals surface area (Å²) in [7, 11) is 1.27. The Hall–Kier alpha value is -5.61. The quantitative estimate of drug-likeness (QED) is 0.0417. The summed E-state index contributed by atoms with van der Waals surface area (Å²) in [6.07, 6.45) is -5.37. The van der Waals surface area contributed by atoms with Gasteiger partial charge >= 0.3 is 17.8 Å². The SMILES string of the molecule is COc1cc(OCCF)c(F)c(C(Nc2ccc(C(=N)N)c(OC(=O)C(F)(F)F)c2)c2nn(-c3ccccc3N)c(=O)[nH]2)c1. The van der Waals surface area contributed by atoms with Gasteiger partial charge in [0.05, 0.1) is 24.0 Å². The van der Waals surface area contributed by atoms with Crippen molar-refractivity contribution < 1.29 is 41.0 Å². The number of carbonyl (C=O) groups is 1. The fourth-order valence-corrected chi connectivity index (χ4v) is 4.03. The lowest BCUT2D eigenvalue weighted by atomic mass is 10.0. The number of carbonyl (C=O) groups excluding carboxylic acids is 1. The fraction of sp³-hybridized carbons (Fsp3) is 0.185. The molecule has 1 unspecified atom stereocenters. The molecule has 0 amide bonds. The highest BCUT2D eigenvalue weighted by molar-refractivity contribution is 5.99.